The van der Waals surface area contributed by atoms with Gasteiger partial charge in [-0.15, -0.1) is 0 Å². The number of nitrogens with zero attached hydrogens (tertiary/aromatic N) is 1. The average molecular weight is 319 g/mol. The first-order chi connectivity index (χ1) is 10.5. The van der Waals surface area contributed by atoms with E-state index in [1.165, 1.54) is 0 Å². The molecule has 0 aliphatic carbocycles. The molecular weight excluding hydrogens is 297 g/mol. The lowest BCUT2D eigenvalue weighted by atomic mass is 10.1. The average Bonchev–Trinajstić information content (AvgIpc) is 2.55. The minimum Gasteiger partial charge on any atom is -0.480 e. The lowest BCUT2D eigenvalue weighted by molar-refractivity contribution is 0.645. The standard InChI is InChI=1S/C16H22N3O2P/c1-3-10(2)15-18-13(14(17)16(20)19-15)9-6-11-4-7-12(21-22)8-5-11/h4-5,7-8,10H,3,6,9,17,22H2,1-2H3,(H,18,19,20)/t10-/m0/s1. The van der Waals surface area contributed by atoms with E-state index in [1.54, 1.807) is 0 Å². The van der Waals surface area contributed by atoms with Crippen LogP contribution in [0.4, 0.5) is 5.69 Å². The van der Waals surface area contributed by atoms with E-state index >= 15 is 0 Å². The third-order valence-electron chi connectivity index (χ3n) is 3.84. The molecular formula is C16H22N3O2P. The molecule has 0 aliphatic heterocycles. The number of aryl methyl sites for hydroxylation is 2. The van der Waals surface area contributed by atoms with Gasteiger partial charge < -0.3 is 15.2 Å². The molecule has 2 atom stereocenters. The summed E-state index contributed by atoms with van der Waals surface area (Å²) in [5.74, 6) is 1.72. The number of nitrogens with two attached hydrogens (primary N) is 1. The van der Waals surface area contributed by atoms with Crippen LogP contribution in [0.2, 0.25) is 0 Å². The summed E-state index contributed by atoms with van der Waals surface area (Å²) in [6.07, 6.45) is 2.33. The minimum atomic E-state index is -0.243. The molecule has 0 saturated heterocycles. The lowest BCUT2D eigenvalue weighted by Crippen LogP contribution is -2.20. The molecule has 0 radical (unpaired) electrons. The highest BCUT2D eigenvalue weighted by Crippen LogP contribution is 2.18. The molecule has 5 nitrogen and oxygen atoms in total. The number of benzene rings is 1. The van der Waals surface area contributed by atoms with Crippen molar-refractivity contribution in [1.82, 2.24) is 9.97 Å². The van der Waals surface area contributed by atoms with Gasteiger partial charge >= 0.3 is 0 Å². The van der Waals surface area contributed by atoms with Crippen molar-refractivity contribution in [3.05, 3.63) is 51.7 Å². The van der Waals surface area contributed by atoms with Crippen LogP contribution in [0.3, 0.4) is 0 Å². The van der Waals surface area contributed by atoms with Crippen molar-refractivity contribution in [3.63, 3.8) is 0 Å². The molecule has 1 aromatic carbocycles. The Balaban J connectivity index is 2.17. The summed E-state index contributed by atoms with van der Waals surface area (Å²) in [7, 11) is 2.22. The Morgan fingerprint density at radius 1 is 1.32 bits per heavy atom. The molecule has 22 heavy (non-hydrogen) atoms. The molecule has 0 bridgehead atoms. The van der Waals surface area contributed by atoms with Crippen LogP contribution in [-0.4, -0.2) is 9.97 Å². The van der Waals surface area contributed by atoms with E-state index in [4.69, 9.17) is 10.3 Å². The smallest absolute Gasteiger partial charge is 0.274 e. The first-order valence-electron chi connectivity index (χ1n) is 7.39. The van der Waals surface area contributed by atoms with Gasteiger partial charge in [-0.25, -0.2) is 4.98 Å². The molecule has 0 fully saturated rings. The van der Waals surface area contributed by atoms with Crippen molar-refractivity contribution in [1.29, 1.82) is 0 Å². The zero-order valence-corrected chi connectivity index (χ0v) is 14.1. The van der Waals surface area contributed by atoms with Gasteiger partial charge in [-0.2, -0.15) is 0 Å². The molecule has 1 aromatic heterocycles. The maximum absolute atomic E-state index is 11.9. The van der Waals surface area contributed by atoms with Crippen LogP contribution in [0.15, 0.2) is 29.1 Å². The molecule has 0 spiro atoms. The van der Waals surface area contributed by atoms with Crippen LogP contribution in [-0.2, 0) is 12.8 Å². The Morgan fingerprint density at radius 3 is 2.59 bits per heavy atom. The lowest BCUT2D eigenvalue weighted by Gasteiger charge is -2.11. The van der Waals surface area contributed by atoms with Gasteiger partial charge in [0.25, 0.3) is 5.56 Å². The summed E-state index contributed by atoms with van der Waals surface area (Å²) in [4.78, 5) is 19.2. The second kappa shape index (κ2) is 7.41. The molecule has 0 saturated carbocycles. The Morgan fingerprint density at radius 2 is 2.00 bits per heavy atom. The van der Waals surface area contributed by atoms with E-state index in [1.807, 2.05) is 31.2 Å². The van der Waals surface area contributed by atoms with E-state index in [0.29, 0.717) is 17.9 Å². The first-order valence-corrected chi connectivity index (χ1v) is 7.86. The number of H-pyrrole nitrogens is 1. The molecule has 3 N–H and O–H groups in total. The monoisotopic (exact) mass is 319 g/mol. The fourth-order valence-electron chi connectivity index (χ4n) is 2.16. The number of hydrogen-bond donors (Lipinski definition) is 2. The van der Waals surface area contributed by atoms with Crippen molar-refractivity contribution >= 4 is 15.2 Å². The number of anilines is 1. The summed E-state index contributed by atoms with van der Waals surface area (Å²) < 4.78 is 5.06. The number of nitrogen functional groups attached to an aromatic ring is 1. The number of aromatic amines is 1. The van der Waals surface area contributed by atoms with Crippen LogP contribution in [0.5, 0.6) is 5.75 Å². The largest absolute Gasteiger partial charge is 0.480 e. The van der Waals surface area contributed by atoms with Crippen molar-refractivity contribution in [2.45, 2.75) is 39.0 Å². The third-order valence-corrected chi connectivity index (χ3v) is 4.11. The van der Waals surface area contributed by atoms with E-state index < -0.39 is 0 Å². The summed E-state index contributed by atoms with van der Waals surface area (Å²) in [5, 5.41) is 0. The van der Waals surface area contributed by atoms with Gasteiger partial charge in [0.15, 0.2) is 0 Å². The molecule has 6 heteroatoms. The molecule has 2 aromatic rings. The van der Waals surface area contributed by atoms with Gasteiger partial charge in [-0.3, -0.25) is 4.79 Å². The van der Waals surface area contributed by atoms with Crippen LogP contribution in [0, 0.1) is 0 Å². The van der Waals surface area contributed by atoms with Gasteiger partial charge in [0.05, 0.1) is 15.2 Å². The Hall–Kier alpha value is -1.87. The fourth-order valence-corrected chi connectivity index (χ4v) is 2.32. The van der Waals surface area contributed by atoms with Crippen LogP contribution in [0.1, 0.15) is 43.3 Å². The van der Waals surface area contributed by atoms with Gasteiger partial charge in [-0.05, 0) is 37.0 Å². The molecule has 0 aliphatic rings. The van der Waals surface area contributed by atoms with Gasteiger partial charge in [0.1, 0.15) is 17.3 Å². The topological polar surface area (TPSA) is 81.0 Å². The highest BCUT2D eigenvalue weighted by Gasteiger charge is 2.12. The van der Waals surface area contributed by atoms with Crippen molar-refractivity contribution < 1.29 is 4.52 Å². The maximum Gasteiger partial charge on any atom is 0.274 e. The van der Waals surface area contributed by atoms with Gasteiger partial charge in [0.2, 0.25) is 0 Å². The molecule has 0 amide bonds. The van der Waals surface area contributed by atoms with Gasteiger partial charge in [0, 0.05) is 5.92 Å². The molecule has 2 rings (SSSR count). The molecule has 1 unspecified atom stereocenters. The molecule has 118 valence electrons. The number of aromatic nitrogens is 2. The zero-order valence-electron chi connectivity index (χ0n) is 12.9. The SMILES string of the molecule is CC[C@H](C)c1nc(CCc2ccc(OP)cc2)c(N)c(=O)[nH]1. The normalized spacial score (nSPS) is 12.1. The molecule has 1 heterocycles. The van der Waals surface area contributed by atoms with E-state index in [9.17, 15) is 4.79 Å². The summed E-state index contributed by atoms with van der Waals surface area (Å²) in [5.41, 5.74) is 7.67. The summed E-state index contributed by atoms with van der Waals surface area (Å²) in [6.45, 7) is 4.11. The Bertz CT molecular complexity index is 683. The Kier molecular flexibility index (Phi) is 5.56. The van der Waals surface area contributed by atoms with Crippen molar-refractivity contribution in [2.24, 2.45) is 0 Å². The van der Waals surface area contributed by atoms with E-state index in [2.05, 4.69) is 26.4 Å². The van der Waals surface area contributed by atoms with Crippen molar-refractivity contribution in [3.8, 4) is 5.75 Å². The number of nitrogens with one attached hydrogen (secondary N) is 1. The third kappa shape index (κ3) is 3.86. The van der Waals surface area contributed by atoms with Gasteiger partial charge in [-0.1, -0.05) is 26.0 Å². The van der Waals surface area contributed by atoms with Crippen LogP contribution < -0.4 is 15.8 Å². The predicted octanol–water partition coefficient (Wildman–Crippen LogP) is 2.82. The minimum absolute atomic E-state index is 0.213. The predicted molar refractivity (Wildman–Crippen MR) is 92.2 cm³/mol. The first kappa shape index (κ1) is 16.5. The second-order valence-corrected chi connectivity index (χ2v) is 5.62. The highest BCUT2D eigenvalue weighted by molar-refractivity contribution is 7.10. The zero-order chi connectivity index (χ0) is 16.1. The maximum atomic E-state index is 11.9. The fraction of sp³-hybridized carbons (Fsp3) is 0.375. The number of rotatable bonds is 6. The second-order valence-electron chi connectivity index (χ2n) is 5.38. The van der Waals surface area contributed by atoms with Crippen molar-refractivity contribution in [2.75, 3.05) is 5.73 Å². The van der Waals surface area contributed by atoms with Crippen LogP contribution in [0.25, 0.3) is 0 Å². The summed E-state index contributed by atoms with van der Waals surface area (Å²) >= 11 is 0. The summed E-state index contributed by atoms with van der Waals surface area (Å²) in [6, 6.07) is 7.81. The quantitative estimate of drug-likeness (QED) is 0.802. The van der Waals surface area contributed by atoms with Crippen LogP contribution >= 0.6 is 9.47 Å². The number of hydrogen-bond acceptors (Lipinski definition) is 4. The van der Waals surface area contributed by atoms with E-state index in [-0.39, 0.29) is 17.2 Å². The highest BCUT2D eigenvalue weighted by atomic mass is 31.0. The Labute approximate surface area is 132 Å². The van der Waals surface area contributed by atoms with E-state index in [0.717, 1.165) is 24.2 Å².